The van der Waals surface area contributed by atoms with Gasteiger partial charge in [0, 0.05) is 29.8 Å². The average molecular weight is 462 g/mol. The highest BCUT2D eigenvalue weighted by Crippen LogP contribution is 2.30. The van der Waals surface area contributed by atoms with Gasteiger partial charge in [-0.15, -0.1) is 16.4 Å². The lowest BCUT2D eigenvalue weighted by molar-refractivity contribution is -0.130. The van der Waals surface area contributed by atoms with E-state index in [1.54, 1.807) is 52.9 Å². The molecule has 1 aromatic carbocycles. The van der Waals surface area contributed by atoms with Crippen LogP contribution in [0.25, 0.3) is 16.2 Å². The average Bonchev–Trinajstić information content (AvgIpc) is 3.34. The first-order chi connectivity index (χ1) is 15.8. The number of fused-ring (bicyclic) bond motifs is 2. The van der Waals surface area contributed by atoms with E-state index < -0.39 is 11.4 Å². The fraction of sp³-hybridized carbons (Fsp3) is 0.182. The van der Waals surface area contributed by atoms with Gasteiger partial charge in [0.2, 0.25) is 10.9 Å². The minimum Gasteiger partial charge on any atom is -0.326 e. The molecule has 10 nitrogen and oxygen atoms in total. The Morgan fingerprint density at radius 2 is 1.94 bits per heavy atom. The molecule has 2 N–H and O–H groups in total. The molecule has 4 heterocycles. The number of rotatable bonds is 4. The van der Waals surface area contributed by atoms with Crippen LogP contribution in [0.1, 0.15) is 20.3 Å². The van der Waals surface area contributed by atoms with Crippen LogP contribution >= 0.6 is 11.3 Å². The smallest absolute Gasteiger partial charge is 0.253 e. The van der Waals surface area contributed by atoms with Crippen LogP contribution in [0, 0.1) is 0 Å². The normalized spacial score (nSPS) is 19.4. The highest BCUT2D eigenvalue weighted by Gasteiger charge is 2.45. The Balaban J connectivity index is 1.40. The number of carbonyl (C=O) groups is 3. The number of nitrogens with zero attached hydrogens (tertiary/aromatic N) is 5. The largest absolute Gasteiger partial charge is 0.326 e. The Morgan fingerprint density at radius 3 is 2.70 bits per heavy atom. The molecule has 3 amide bonds. The maximum atomic E-state index is 13.2. The van der Waals surface area contributed by atoms with Crippen LogP contribution in [0.3, 0.4) is 0 Å². The third-order valence-electron chi connectivity index (χ3n) is 5.40. The molecular weight excluding hydrogens is 442 g/mol. The van der Waals surface area contributed by atoms with Crippen molar-refractivity contribution in [2.24, 2.45) is 4.99 Å². The number of hydrogen-bond donors (Lipinski definition) is 2. The van der Waals surface area contributed by atoms with Crippen molar-refractivity contribution in [1.29, 1.82) is 0 Å². The zero-order valence-corrected chi connectivity index (χ0v) is 18.6. The summed E-state index contributed by atoms with van der Waals surface area (Å²) in [6.07, 6.45) is 6.91. The van der Waals surface area contributed by atoms with E-state index in [-0.39, 0.29) is 24.2 Å². The first kappa shape index (κ1) is 20.8. The fourth-order valence-electron chi connectivity index (χ4n) is 3.78. The highest BCUT2D eigenvalue weighted by atomic mass is 32.1. The van der Waals surface area contributed by atoms with Gasteiger partial charge in [0.15, 0.2) is 0 Å². The van der Waals surface area contributed by atoms with Crippen LogP contribution < -0.4 is 10.6 Å². The number of nitrogens with one attached hydrogen (secondary N) is 2. The summed E-state index contributed by atoms with van der Waals surface area (Å²) in [7, 11) is 0. The fourth-order valence-corrected chi connectivity index (χ4v) is 4.61. The molecule has 166 valence electrons. The third-order valence-corrected chi connectivity index (χ3v) is 6.22. The molecular formula is C22H19N7O3S. The van der Waals surface area contributed by atoms with E-state index in [1.807, 2.05) is 17.5 Å². The predicted octanol–water partition coefficient (Wildman–Crippen LogP) is 2.83. The number of benzene rings is 1. The third kappa shape index (κ3) is 3.72. The molecule has 0 bridgehead atoms. The highest BCUT2D eigenvalue weighted by molar-refractivity contribution is 7.15. The second kappa shape index (κ2) is 7.78. The molecule has 0 saturated carbocycles. The van der Waals surface area contributed by atoms with Crippen molar-refractivity contribution in [2.45, 2.75) is 25.8 Å². The number of carbonyl (C=O) groups excluding carboxylic acids is 3. The molecule has 0 aliphatic carbocycles. The monoisotopic (exact) mass is 461 g/mol. The van der Waals surface area contributed by atoms with Gasteiger partial charge in [0.05, 0.1) is 12.1 Å². The van der Waals surface area contributed by atoms with Gasteiger partial charge in [-0.3, -0.25) is 19.7 Å². The van der Waals surface area contributed by atoms with Crippen molar-refractivity contribution >= 4 is 51.5 Å². The van der Waals surface area contributed by atoms with Crippen LogP contribution in [-0.2, 0) is 14.4 Å². The maximum Gasteiger partial charge on any atom is 0.253 e. The second-order valence-electron chi connectivity index (χ2n) is 7.85. The summed E-state index contributed by atoms with van der Waals surface area (Å²) in [5, 5.41) is 11.9. The Bertz CT molecular complexity index is 1380. The molecule has 1 atom stereocenters. The summed E-state index contributed by atoms with van der Waals surface area (Å²) in [6, 6.07) is 7.36. The zero-order valence-electron chi connectivity index (χ0n) is 17.8. The number of hydrogen-bond acceptors (Lipinski definition) is 7. The van der Waals surface area contributed by atoms with Gasteiger partial charge in [-0.1, -0.05) is 18.2 Å². The molecule has 3 aromatic rings. The minimum absolute atomic E-state index is 0.0609. The van der Waals surface area contributed by atoms with Gasteiger partial charge in [0.1, 0.15) is 11.4 Å². The van der Waals surface area contributed by atoms with Gasteiger partial charge < -0.3 is 10.2 Å². The van der Waals surface area contributed by atoms with Crippen molar-refractivity contribution in [2.75, 3.05) is 10.6 Å². The molecule has 0 saturated heterocycles. The second-order valence-corrected chi connectivity index (χ2v) is 8.68. The van der Waals surface area contributed by atoms with Crippen molar-refractivity contribution < 1.29 is 14.4 Å². The number of amides is 3. The summed E-state index contributed by atoms with van der Waals surface area (Å²) in [4.78, 5) is 47.3. The minimum atomic E-state index is -1.16. The van der Waals surface area contributed by atoms with Crippen molar-refractivity contribution in [3.63, 3.8) is 0 Å². The van der Waals surface area contributed by atoms with Crippen LogP contribution in [0.15, 0.2) is 59.1 Å². The van der Waals surface area contributed by atoms with E-state index >= 15 is 0 Å². The summed E-state index contributed by atoms with van der Waals surface area (Å²) >= 11 is 1.39. The van der Waals surface area contributed by atoms with E-state index in [0.29, 0.717) is 16.5 Å². The number of amidine groups is 1. The van der Waals surface area contributed by atoms with E-state index in [2.05, 4.69) is 25.7 Å². The van der Waals surface area contributed by atoms with E-state index in [1.165, 1.54) is 18.3 Å². The van der Waals surface area contributed by atoms with Crippen molar-refractivity contribution in [3.8, 4) is 11.3 Å². The number of aromatic nitrogens is 3. The summed E-state index contributed by atoms with van der Waals surface area (Å²) in [6.45, 7) is 3.15. The molecule has 1 unspecified atom stereocenters. The molecule has 2 aliphatic heterocycles. The Morgan fingerprint density at radius 1 is 1.15 bits per heavy atom. The van der Waals surface area contributed by atoms with Gasteiger partial charge in [-0.05, 0) is 31.2 Å². The standard InChI is InChI=1S/C22H19N7O3S/c1-13(30)23-15-8-6-14(7-9-15)16-12-33-21-26-20(27-29(16)21)25-19(32)22(2)11-18(31)24-17-5-3-4-10-28(17)22/h3-10,12H,11H2,1-2H3,(H,23,30)(H,25,27,32). The lowest BCUT2D eigenvalue weighted by Gasteiger charge is -2.41. The molecule has 2 aliphatic rings. The van der Waals surface area contributed by atoms with Gasteiger partial charge >= 0.3 is 0 Å². The Hall–Kier alpha value is -4.12. The molecule has 33 heavy (non-hydrogen) atoms. The van der Waals surface area contributed by atoms with Crippen molar-refractivity contribution in [1.82, 2.24) is 19.5 Å². The topological polar surface area (TPSA) is 121 Å². The number of thiazole rings is 1. The van der Waals surface area contributed by atoms with E-state index in [4.69, 9.17) is 0 Å². The number of allylic oxidation sites excluding steroid dienone is 2. The molecule has 0 radical (unpaired) electrons. The molecule has 0 spiro atoms. The van der Waals surface area contributed by atoms with Crippen LogP contribution in [0.2, 0.25) is 0 Å². The maximum absolute atomic E-state index is 13.2. The summed E-state index contributed by atoms with van der Waals surface area (Å²) in [5.41, 5.74) is 1.23. The van der Waals surface area contributed by atoms with Crippen LogP contribution in [0.5, 0.6) is 0 Å². The van der Waals surface area contributed by atoms with Gasteiger partial charge in [-0.25, -0.2) is 4.52 Å². The SMILES string of the molecule is CC(=O)Nc1ccc(-c2csc3nc(NC(=O)C4(C)CC(=O)N=C5C=CC=CN54)nn23)cc1. The number of anilines is 2. The first-order valence-electron chi connectivity index (χ1n) is 10.1. The van der Waals surface area contributed by atoms with E-state index in [9.17, 15) is 14.4 Å². The van der Waals surface area contributed by atoms with Crippen LogP contribution in [-0.4, -0.2) is 48.6 Å². The summed E-state index contributed by atoms with van der Waals surface area (Å²) in [5.74, 6) is -0.321. The lowest BCUT2D eigenvalue weighted by atomic mass is 9.91. The number of aliphatic imine (C=N–C) groups is 1. The molecule has 5 rings (SSSR count). The predicted molar refractivity (Wildman–Crippen MR) is 125 cm³/mol. The van der Waals surface area contributed by atoms with Gasteiger partial charge in [0.25, 0.3) is 17.8 Å². The lowest BCUT2D eigenvalue weighted by Crippen LogP contribution is -2.58. The summed E-state index contributed by atoms with van der Waals surface area (Å²) < 4.78 is 1.65. The quantitative estimate of drug-likeness (QED) is 0.616. The van der Waals surface area contributed by atoms with Crippen LogP contribution in [0.4, 0.5) is 11.6 Å². The van der Waals surface area contributed by atoms with Crippen molar-refractivity contribution in [3.05, 3.63) is 54.1 Å². The Kier molecular flexibility index (Phi) is 4.90. The Labute approximate surface area is 192 Å². The first-order valence-corrected chi connectivity index (χ1v) is 11.0. The molecule has 11 heteroatoms. The zero-order chi connectivity index (χ0) is 23.2. The van der Waals surface area contributed by atoms with E-state index in [0.717, 1.165) is 11.3 Å². The van der Waals surface area contributed by atoms with Gasteiger partial charge in [-0.2, -0.15) is 9.98 Å². The molecule has 0 fully saturated rings. The molecule has 2 aromatic heterocycles.